The molecule has 0 saturated heterocycles. The Morgan fingerprint density at radius 3 is 2.34 bits per heavy atom. The van der Waals surface area contributed by atoms with E-state index in [0.717, 1.165) is 37.7 Å². The monoisotopic (exact) mass is 556 g/mol. The number of carbonyl (C=O) groups is 1. The van der Waals surface area contributed by atoms with Crippen LogP contribution in [-0.4, -0.2) is 26.3 Å². The van der Waals surface area contributed by atoms with Crippen LogP contribution in [0.2, 0.25) is 0 Å². The van der Waals surface area contributed by atoms with Gasteiger partial charge in [-0.3, -0.25) is 0 Å². The zero-order valence-corrected chi connectivity index (χ0v) is 23.8. The van der Waals surface area contributed by atoms with E-state index in [4.69, 9.17) is 29.4 Å². The van der Waals surface area contributed by atoms with E-state index in [2.05, 4.69) is 19.9 Å². The third-order valence-corrected chi connectivity index (χ3v) is 6.78. The standard InChI is InChI=1S/C33H36N2O6/c1-4-6-8-18-39-28-16-11-23(19-30(28)37-3)31-26-15-14-25(20-29(26)41-32(35)27(31)21-34)40-33(36)22-9-12-24(13-10-22)38-17-7-5-2/h9-16,19-20,31H,4-8,17-18,35H2,1-3H3. The van der Waals surface area contributed by atoms with Crippen molar-refractivity contribution in [2.45, 2.75) is 51.9 Å². The summed E-state index contributed by atoms with van der Waals surface area (Å²) < 4.78 is 28.6. The van der Waals surface area contributed by atoms with Crippen LogP contribution in [0.3, 0.4) is 0 Å². The molecule has 1 atom stereocenters. The molecule has 1 heterocycles. The molecule has 0 aliphatic carbocycles. The van der Waals surface area contributed by atoms with Crippen LogP contribution < -0.4 is 29.4 Å². The van der Waals surface area contributed by atoms with Gasteiger partial charge in [0.2, 0.25) is 5.88 Å². The van der Waals surface area contributed by atoms with E-state index in [9.17, 15) is 10.1 Å². The number of allylic oxidation sites excluding steroid dienone is 1. The number of hydrogen-bond acceptors (Lipinski definition) is 8. The van der Waals surface area contributed by atoms with Crippen molar-refractivity contribution in [1.82, 2.24) is 0 Å². The second-order valence-corrected chi connectivity index (χ2v) is 9.71. The predicted molar refractivity (Wildman–Crippen MR) is 156 cm³/mol. The number of unbranched alkanes of at least 4 members (excludes halogenated alkanes) is 3. The molecule has 1 unspecified atom stereocenters. The van der Waals surface area contributed by atoms with Crippen LogP contribution in [-0.2, 0) is 0 Å². The number of nitriles is 1. The minimum absolute atomic E-state index is 0.00834. The van der Waals surface area contributed by atoms with E-state index in [-0.39, 0.29) is 17.2 Å². The molecule has 0 amide bonds. The summed E-state index contributed by atoms with van der Waals surface area (Å²) in [7, 11) is 1.58. The van der Waals surface area contributed by atoms with Crippen molar-refractivity contribution in [3.8, 4) is 34.8 Å². The molecule has 2 N–H and O–H groups in total. The Balaban J connectivity index is 1.55. The maximum absolute atomic E-state index is 12.8. The average molecular weight is 557 g/mol. The predicted octanol–water partition coefficient (Wildman–Crippen LogP) is 6.88. The summed E-state index contributed by atoms with van der Waals surface area (Å²) in [6.07, 6.45) is 5.16. The lowest BCUT2D eigenvalue weighted by molar-refractivity contribution is 0.0734. The van der Waals surface area contributed by atoms with Crippen molar-refractivity contribution >= 4 is 5.97 Å². The summed E-state index contributed by atoms with van der Waals surface area (Å²) in [5.41, 5.74) is 8.36. The number of rotatable bonds is 13. The van der Waals surface area contributed by atoms with Crippen LogP contribution >= 0.6 is 0 Å². The molecular weight excluding hydrogens is 520 g/mol. The first kappa shape index (κ1) is 29.3. The topological polar surface area (TPSA) is 113 Å². The largest absolute Gasteiger partial charge is 0.494 e. The summed E-state index contributed by atoms with van der Waals surface area (Å²) in [6.45, 7) is 5.47. The maximum Gasteiger partial charge on any atom is 0.343 e. The van der Waals surface area contributed by atoms with Gasteiger partial charge in [-0.1, -0.05) is 45.2 Å². The number of methoxy groups -OCH3 is 1. The smallest absolute Gasteiger partial charge is 0.343 e. The molecule has 0 saturated carbocycles. The molecule has 41 heavy (non-hydrogen) atoms. The molecule has 3 aromatic carbocycles. The molecule has 8 nitrogen and oxygen atoms in total. The van der Waals surface area contributed by atoms with Crippen LogP contribution in [0.4, 0.5) is 0 Å². The number of carbonyl (C=O) groups excluding carboxylic acids is 1. The normalized spacial score (nSPS) is 14.0. The van der Waals surface area contributed by atoms with Gasteiger partial charge in [-0.25, -0.2) is 4.79 Å². The second kappa shape index (κ2) is 14.1. The number of esters is 1. The van der Waals surface area contributed by atoms with Crippen LogP contribution in [0, 0.1) is 11.3 Å². The van der Waals surface area contributed by atoms with Crippen molar-refractivity contribution in [2.75, 3.05) is 20.3 Å². The van der Waals surface area contributed by atoms with Gasteiger partial charge >= 0.3 is 5.97 Å². The third kappa shape index (κ3) is 7.12. The van der Waals surface area contributed by atoms with Crippen LogP contribution in [0.1, 0.15) is 73.4 Å². The summed E-state index contributed by atoms with van der Waals surface area (Å²) in [6, 6.07) is 19.7. The minimum Gasteiger partial charge on any atom is -0.494 e. The zero-order chi connectivity index (χ0) is 29.2. The first-order chi connectivity index (χ1) is 20.0. The Morgan fingerprint density at radius 1 is 0.902 bits per heavy atom. The highest BCUT2D eigenvalue weighted by molar-refractivity contribution is 5.91. The molecule has 4 rings (SSSR count). The van der Waals surface area contributed by atoms with E-state index in [0.29, 0.717) is 47.3 Å². The fraction of sp³-hybridized carbons (Fsp3) is 0.333. The maximum atomic E-state index is 12.8. The molecule has 1 aliphatic rings. The molecule has 214 valence electrons. The lowest BCUT2D eigenvalue weighted by Gasteiger charge is -2.27. The summed E-state index contributed by atoms with van der Waals surface area (Å²) in [4.78, 5) is 12.8. The molecule has 1 aliphatic heterocycles. The molecule has 0 bridgehead atoms. The van der Waals surface area contributed by atoms with Gasteiger partial charge in [-0.05, 0) is 60.9 Å². The second-order valence-electron chi connectivity index (χ2n) is 9.71. The summed E-state index contributed by atoms with van der Waals surface area (Å²) >= 11 is 0. The van der Waals surface area contributed by atoms with Crippen LogP contribution in [0.25, 0.3) is 0 Å². The Labute approximate surface area is 241 Å². The van der Waals surface area contributed by atoms with E-state index in [1.807, 2.05) is 18.2 Å². The van der Waals surface area contributed by atoms with Gasteiger partial charge in [0, 0.05) is 11.6 Å². The van der Waals surface area contributed by atoms with E-state index in [1.165, 1.54) is 0 Å². The molecule has 0 spiro atoms. The highest BCUT2D eigenvalue weighted by atomic mass is 16.5. The quantitative estimate of drug-likeness (QED) is 0.138. The van der Waals surface area contributed by atoms with Crippen molar-refractivity contribution in [1.29, 1.82) is 5.26 Å². The van der Waals surface area contributed by atoms with Gasteiger partial charge in [0.05, 0.1) is 31.8 Å². The van der Waals surface area contributed by atoms with Gasteiger partial charge in [-0.15, -0.1) is 0 Å². The van der Waals surface area contributed by atoms with Gasteiger partial charge in [0.15, 0.2) is 11.5 Å². The Morgan fingerprint density at radius 2 is 1.63 bits per heavy atom. The number of hydrogen-bond donors (Lipinski definition) is 1. The van der Waals surface area contributed by atoms with Crippen LogP contribution in [0.5, 0.6) is 28.7 Å². The molecule has 3 aromatic rings. The number of fused-ring (bicyclic) bond motifs is 1. The Bertz CT molecular complexity index is 1420. The fourth-order valence-electron chi connectivity index (χ4n) is 4.55. The average Bonchev–Trinajstić information content (AvgIpc) is 2.99. The van der Waals surface area contributed by atoms with Crippen molar-refractivity contribution in [3.05, 3.63) is 88.8 Å². The van der Waals surface area contributed by atoms with Crippen molar-refractivity contribution in [2.24, 2.45) is 5.73 Å². The van der Waals surface area contributed by atoms with E-state index < -0.39 is 11.9 Å². The lowest BCUT2D eigenvalue weighted by atomic mass is 9.83. The summed E-state index contributed by atoms with van der Waals surface area (Å²) in [5.74, 6) is 1.56. The van der Waals surface area contributed by atoms with Crippen molar-refractivity contribution in [3.63, 3.8) is 0 Å². The number of nitrogens with zero attached hydrogens (tertiary/aromatic N) is 1. The van der Waals surface area contributed by atoms with Crippen LogP contribution in [0.15, 0.2) is 72.1 Å². The zero-order valence-electron chi connectivity index (χ0n) is 23.8. The van der Waals surface area contributed by atoms with E-state index in [1.54, 1.807) is 49.6 Å². The molecule has 0 fully saturated rings. The van der Waals surface area contributed by atoms with Gasteiger partial charge in [0.1, 0.15) is 28.9 Å². The first-order valence-corrected chi connectivity index (χ1v) is 14.0. The Kier molecular flexibility index (Phi) is 10.1. The molecule has 0 radical (unpaired) electrons. The highest BCUT2D eigenvalue weighted by Crippen LogP contribution is 2.45. The third-order valence-electron chi connectivity index (χ3n) is 6.78. The highest BCUT2D eigenvalue weighted by Gasteiger charge is 2.32. The number of benzene rings is 3. The molecule has 8 heteroatoms. The Hall–Kier alpha value is -4.64. The first-order valence-electron chi connectivity index (χ1n) is 14.0. The molecular formula is C33H36N2O6. The lowest BCUT2D eigenvalue weighted by Crippen LogP contribution is -2.21. The number of ether oxygens (including phenoxy) is 5. The molecule has 0 aromatic heterocycles. The van der Waals surface area contributed by atoms with E-state index >= 15 is 0 Å². The minimum atomic E-state index is -0.516. The SMILES string of the molecule is CCCCCOc1ccc(C2C(C#N)=C(N)Oc3cc(OC(=O)c4ccc(OCCCC)cc4)ccc32)cc1OC. The van der Waals surface area contributed by atoms with Gasteiger partial charge in [-0.2, -0.15) is 5.26 Å². The van der Waals surface area contributed by atoms with Gasteiger partial charge in [0.25, 0.3) is 0 Å². The fourth-order valence-corrected chi connectivity index (χ4v) is 4.55. The number of nitrogens with two attached hydrogens (primary N) is 1. The van der Waals surface area contributed by atoms with Gasteiger partial charge < -0.3 is 29.4 Å². The summed E-state index contributed by atoms with van der Waals surface area (Å²) in [5, 5.41) is 9.94. The van der Waals surface area contributed by atoms with Crippen molar-refractivity contribution < 1.29 is 28.5 Å².